The molecule has 20 heavy (non-hydrogen) atoms. The van der Waals surface area contributed by atoms with Crippen LogP contribution >= 0.6 is 0 Å². The summed E-state index contributed by atoms with van der Waals surface area (Å²) in [6.45, 7) is 2.12. The van der Waals surface area contributed by atoms with Gasteiger partial charge in [-0.2, -0.15) is 0 Å². The van der Waals surface area contributed by atoms with E-state index in [2.05, 4.69) is 29.0 Å². The second kappa shape index (κ2) is 3.93. The van der Waals surface area contributed by atoms with Gasteiger partial charge in [0.2, 0.25) is 5.71 Å². The van der Waals surface area contributed by atoms with Crippen LogP contribution in [0.2, 0.25) is 0 Å². The first-order chi connectivity index (χ1) is 9.78. The molecule has 3 heterocycles. The zero-order valence-corrected chi connectivity index (χ0v) is 10.9. The summed E-state index contributed by atoms with van der Waals surface area (Å²) in [4.78, 5) is 19.4. The smallest absolute Gasteiger partial charge is 0.362 e. The number of hydrogen-bond acceptors (Lipinski definition) is 3. The van der Waals surface area contributed by atoms with Crippen LogP contribution in [0, 0.1) is 0 Å². The second-order valence-corrected chi connectivity index (χ2v) is 4.85. The van der Waals surface area contributed by atoms with Crippen molar-refractivity contribution in [2.45, 2.75) is 13.3 Å². The topological polar surface area (TPSA) is 58.9 Å². The Morgan fingerprint density at radius 1 is 1.25 bits per heavy atom. The number of benzene rings is 1. The minimum absolute atomic E-state index is 0.375. The lowest BCUT2D eigenvalue weighted by Crippen LogP contribution is -1.99. The first kappa shape index (κ1) is 11.2. The molecule has 4 heteroatoms. The highest BCUT2D eigenvalue weighted by Gasteiger charge is 2.13. The summed E-state index contributed by atoms with van der Waals surface area (Å²) in [5.74, 6) is 0. The van der Waals surface area contributed by atoms with Crippen molar-refractivity contribution < 1.29 is 4.42 Å². The molecule has 4 rings (SSSR count). The van der Waals surface area contributed by atoms with Gasteiger partial charge < -0.3 is 9.40 Å². The first-order valence-electron chi connectivity index (χ1n) is 6.60. The zero-order valence-electron chi connectivity index (χ0n) is 10.9. The average Bonchev–Trinajstić information content (AvgIpc) is 2.87. The highest BCUT2D eigenvalue weighted by atomic mass is 16.4. The molecule has 0 aliphatic carbocycles. The Hall–Kier alpha value is -2.62. The molecular weight excluding hydrogens is 252 g/mol. The van der Waals surface area contributed by atoms with Gasteiger partial charge in [0.05, 0.1) is 0 Å². The van der Waals surface area contributed by atoms with E-state index in [4.69, 9.17) is 4.42 Å². The Bertz CT molecular complexity index is 1010. The highest BCUT2D eigenvalue weighted by molar-refractivity contribution is 6.18. The van der Waals surface area contributed by atoms with E-state index in [9.17, 15) is 4.79 Å². The molecule has 0 amide bonds. The molecular formula is C16H12N2O2. The molecule has 1 aromatic carbocycles. The number of rotatable bonds is 1. The SMILES string of the molecule is CCc1ccc2[nH]c3c(=O)oc4ncccc4c3c2c1. The van der Waals surface area contributed by atoms with Gasteiger partial charge in [0.25, 0.3) is 0 Å². The van der Waals surface area contributed by atoms with Crippen molar-refractivity contribution in [1.82, 2.24) is 9.97 Å². The molecule has 0 atom stereocenters. The van der Waals surface area contributed by atoms with Gasteiger partial charge in [0.1, 0.15) is 5.52 Å². The number of aromatic amines is 1. The van der Waals surface area contributed by atoms with Crippen LogP contribution in [-0.4, -0.2) is 9.97 Å². The molecule has 0 bridgehead atoms. The third-order valence-electron chi connectivity index (χ3n) is 3.71. The van der Waals surface area contributed by atoms with Gasteiger partial charge in [-0.25, -0.2) is 9.78 Å². The van der Waals surface area contributed by atoms with E-state index in [0.29, 0.717) is 11.2 Å². The van der Waals surface area contributed by atoms with Crippen LogP contribution in [0.25, 0.3) is 32.9 Å². The van der Waals surface area contributed by atoms with Gasteiger partial charge in [-0.05, 0) is 36.2 Å². The van der Waals surface area contributed by atoms with Crippen molar-refractivity contribution in [2.24, 2.45) is 0 Å². The van der Waals surface area contributed by atoms with Crippen molar-refractivity contribution in [3.05, 3.63) is 52.5 Å². The number of hydrogen-bond donors (Lipinski definition) is 1. The van der Waals surface area contributed by atoms with E-state index in [-0.39, 0.29) is 5.63 Å². The van der Waals surface area contributed by atoms with Crippen molar-refractivity contribution >= 4 is 32.9 Å². The quantitative estimate of drug-likeness (QED) is 0.573. The van der Waals surface area contributed by atoms with Crippen molar-refractivity contribution in [3.8, 4) is 0 Å². The lowest BCUT2D eigenvalue weighted by Gasteiger charge is -1.99. The largest absolute Gasteiger partial charge is 0.402 e. The molecule has 0 fully saturated rings. The summed E-state index contributed by atoms with van der Waals surface area (Å²) < 4.78 is 5.26. The summed E-state index contributed by atoms with van der Waals surface area (Å²) in [6.07, 6.45) is 2.59. The Labute approximate surface area is 114 Å². The van der Waals surface area contributed by atoms with Gasteiger partial charge >= 0.3 is 5.63 Å². The van der Waals surface area contributed by atoms with Gasteiger partial charge in [-0.3, -0.25) is 0 Å². The predicted octanol–water partition coefficient (Wildman–Crippen LogP) is 3.38. The molecule has 0 spiro atoms. The van der Waals surface area contributed by atoms with E-state index >= 15 is 0 Å². The number of fused-ring (bicyclic) bond motifs is 5. The van der Waals surface area contributed by atoms with Crippen molar-refractivity contribution in [1.29, 1.82) is 0 Å². The van der Waals surface area contributed by atoms with Crippen LogP contribution in [0.5, 0.6) is 0 Å². The summed E-state index contributed by atoms with van der Waals surface area (Å²) in [6, 6.07) is 9.99. The molecule has 0 radical (unpaired) electrons. The molecule has 0 unspecified atom stereocenters. The molecule has 1 N–H and O–H groups in total. The number of nitrogens with one attached hydrogen (secondary N) is 1. The molecule has 3 aromatic heterocycles. The van der Waals surface area contributed by atoms with E-state index in [1.165, 1.54) is 5.56 Å². The van der Waals surface area contributed by atoms with E-state index < -0.39 is 0 Å². The average molecular weight is 264 g/mol. The van der Waals surface area contributed by atoms with Gasteiger partial charge in [-0.15, -0.1) is 0 Å². The van der Waals surface area contributed by atoms with Crippen LogP contribution in [0.1, 0.15) is 12.5 Å². The Balaban J connectivity index is 2.33. The molecule has 98 valence electrons. The van der Waals surface area contributed by atoms with Crippen LogP contribution in [-0.2, 0) is 6.42 Å². The maximum absolute atomic E-state index is 12.1. The fourth-order valence-corrected chi connectivity index (χ4v) is 2.69. The first-order valence-corrected chi connectivity index (χ1v) is 6.60. The summed E-state index contributed by atoms with van der Waals surface area (Å²) in [7, 11) is 0. The van der Waals surface area contributed by atoms with Crippen LogP contribution in [0.15, 0.2) is 45.7 Å². The lowest BCUT2D eigenvalue weighted by molar-refractivity contribution is 0.557. The molecule has 0 saturated heterocycles. The van der Waals surface area contributed by atoms with E-state index in [1.807, 2.05) is 18.2 Å². The van der Waals surface area contributed by atoms with Gasteiger partial charge in [0.15, 0.2) is 0 Å². The monoisotopic (exact) mass is 264 g/mol. The predicted molar refractivity (Wildman–Crippen MR) is 79.0 cm³/mol. The molecule has 0 aliphatic rings. The van der Waals surface area contributed by atoms with Crippen LogP contribution < -0.4 is 5.63 Å². The fourth-order valence-electron chi connectivity index (χ4n) is 2.69. The summed E-state index contributed by atoms with van der Waals surface area (Å²) in [5, 5.41) is 2.81. The molecule has 4 nitrogen and oxygen atoms in total. The summed E-state index contributed by atoms with van der Waals surface area (Å²) >= 11 is 0. The summed E-state index contributed by atoms with van der Waals surface area (Å²) in [5.41, 5.74) is 2.70. The van der Waals surface area contributed by atoms with E-state index in [0.717, 1.165) is 28.1 Å². The minimum Gasteiger partial charge on any atom is -0.402 e. The molecule has 0 aliphatic heterocycles. The van der Waals surface area contributed by atoms with Crippen LogP contribution in [0.4, 0.5) is 0 Å². The Morgan fingerprint density at radius 2 is 2.15 bits per heavy atom. The minimum atomic E-state index is -0.375. The van der Waals surface area contributed by atoms with Crippen molar-refractivity contribution in [3.63, 3.8) is 0 Å². The van der Waals surface area contributed by atoms with Crippen LogP contribution in [0.3, 0.4) is 0 Å². The van der Waals surface area contributed by atoms with Gasteiger partial charge in [0, 0.05) is 27.9 Å². The molecule has 4 aromatic rings. The van der Waals surface area contributed by atoms with E-state index in [1.54, 1.807) is 6.20 Å². The zero-order chi connectivity index (χ0) is 13.7. The highest BCUT2D eigenvalue weighted by Crippen LogP contribution is 2.30. The van der Waals surface area contributed by atoms with Crippen molar-refractivity contribution in [2.75, 3.05) is 0 Å². The Morgan fingerprint density at radius 3 is 3.00 bits per heavy atom. The fraction of sp³-hybridized carbons (Fsp3) is 0.125. The second-order valence-electron chi connectivity index (χ2n) is 4.85. The maximum atomic E-state index is 12.1. The number of H-pyrrole nitrogens is 1. The number of aromatic nitrogens is 2. The van der Waals surface area contributed by atoms with Gasteiger partial charge in [-0.1, -0.05) is 13.0 Å². The third kappa shape index (κ3) is 1.42. The standard InChI is InChI=1S/C16H12N2O2/c1-2-9-5-6-12-11(8-9)13-10-4-3-7-17-15(10)20-16(19)14(13)18-12/h3-8,18H,2H2,1H3. The number of pyridine rings is 1. The molecule has 0 saturated carbocycles. The Kier molecular flexibility index (Phi) is 2.21. The normalized spacial score (nSPS) is 11.7. The maximum Gasteiger partial charge on any atom is 0.362 e. The number of aryl methyl sites for hydroxylation is 1. The third-order valence-corrected chi connectivity index (χ3v) is 3.71. The number of nitrogens with zero attached hydrogens (tertiary/aromatic N) is 1. The lowest BCUT2D eigenvalue weighted by atomic mass is 10.1.